The minimum atomic E-state index is -0.266. The largest absolute Gasteiger partial charge is 0.350 e. The Morgan fingerprint density at radius 1 is 1.10 bits per heavy atom. The number of pyridine rings is 1. The van der Waals surface area contributed by atoms with E-state index in [0.717, 1.165) is 5.56 Å². The smallest absolute Gasteiger partial charge is 0.269 e. The molecule has 1 aromatic carbocycles. The molecule has 20 heavy (non-hydrogen) atoms. The predicted molar refractivity (Wildman–Crippen MR) is 81.7 cm³/mol. The zero-order valence-corrected chi connectivity index (χ0v) is 12.6. The summed E-state index contributed by atoms with van der Waals surface area (Å²) in [6.45, 7) is 0.453. The lowest BCUT2D eigenvalue weighted by Gasteiger charge is -2.07. The first-order valence-corrected chi connectivity index (χ1v) is 7.03. The maximum absolute atomic E-state index is 11.8. The summed E-state index contributed by atoms with van der Waals surface area (Å²) in [7, 11) is 0. The summed E-state index contributed by atoms with van der Waals surface area (Å²) in [6.07, 6.45) is 2.11. The van der Waals surface area contributed by atoms with Gasteiger partial charge in [0.1, 0.15) is 5.69 Å². The Kier molecular flexibility index (Phi) is 5.24. The summed E-state index contributed by atoms with van der Waals surface area (Å²) in [5, 5.41) is 4.42. The highest BCUT2D eigenvalue weighted by atomic mass is 35.5. The molecule has 0 aliphatic heterocycles. The van der Waals surface area contributed by atoms with E-state index < -0.39 is 0 Å². The number of carbonyl (C=O) groups is 1. The van der Waals surface area contributed by atoms with Gasteiger partial charge in [0, 0.05) is 27.8 Å². The van der Waals surface area contributed by atoms with Crippen molar-refractivity contribution in [1.82, 2.24) is 10.3 Å². The fourth-order valence-electron chi connectivity index (χ4n) is 1.65. The third-order valence-electron chi connectivity index (χ3n) is 2.65. The van der Waals surface area contributed by atoms with Gasteiger partial charge in [0.2, 0.25) is 0 Å². The highest BCUT2D eigenvalue weighted by molar-refractivity contribution is 6.35. The molecule has 104 valence electrons. The van der Waals surface area contributed by atoms with E-state index in [0.29, 0.717) is 33.7 Å². The molecule has 2 aromatic rings. The number of rotatable bonds is 4. The van der Waals surface area contributed by atoms with Crippen LogP contribution < -0.4 is 5.32 Å². The van der Waals surface area contributed by atoms with Crippen LogP contribution >= 0.6 is 34.8 Å². The zero-order chi connectivity index (χ0) is 14.5. The molecule has 0 spiro atoms. The number of nitrogens with zero attached hydrogens (tertiary/aromatic N) is 1. The Morgan fingerprint density at radius 2 is 1.85 bits per heavy atom. The van der Waals surface area contributed by atoms with E-state index in [4.69, 9.17) is 34.8 Å². The first-order valence-electron chi connectivity index (χ1n) is 5.90. The molecule has 0 unspecified atom stereocenters. The molecule has 0 fully saturated rings. The molecule has 1 amide bonds. The van der Waals surface area contributed by atoms with Gasteiger partial charge in [-0.3, -0.25) is 9.78 Å². The molecule has 0 aliphatic carbocycles. The molecule has 1 N–H and O–H groups in total. The molecule has 2 rings (SSSR count). The predicted octanol–water partition coefficient (Wildman–Crippen LogP) is 4.01. The first-order chi connectivity index (χ1) is 9.56. The van der Waals surface area contributed by atoms with Crippen LogP contribution in [-0.4, -0.2) is 17.4 Å². The van der Waals surface area contributed by atoms with Crippen LogP contribution in [0.3, 0.4) is 0 Å². The summed E-state index contributed by atoms with van der Waals surface area (Å²) in [4.78, 5) is 15.8. The molecule has 0 aliphatic rings. The summed E-state index contributed by atoms with van der Waals surface area (Å²) < 4.78 is 0. The van der Waals surface area contributed by atoms with Gasteiger partial charge in [0.05, 0.1) is 0 Å². The normalized spacial score (nSPS) is 10.3. The van der Waals surface area contributed by atoms with Crippen molar-refractivity contribution in [2.45, 2.75) is 6.42 Å². The van der Waals surface area contributed by atoms with Crippen LogP contribution in [0.25, 0.3) is 0 Å². The third-order valence-corrected chi connectivity index (χ3v) is 3.47. The maximum atomic E-state index is 11.8. The van der Waals surface area contributed by atoms with Gasteiger partial charge in [-0.1, -0.05) is 40.9 Å². The van der Waals surface area contributed by atoms with Crippen LogP contribution in [0.5, 0.6) is 0 Å². The van der Waals surface area contributed by atoms with E-state index >= 15 is 0 Å². The van der Waals surface area contributed by atoms with E-state index in [1.54, 1.807) is 18.2 Å². The number of hydrogen-bond acceptors (Lipinski definition) is 2. The second-order valence-corrected chi connectivity index (χ2v) is 5.38. The number of amides is 1. The average Bonchev–Trinajstić information content (AvgIpc) is 2.41. The van der Waals surface area contributed by atoms with Crippen molar-refractivity contribution in [1.29, 1.82) is 0 Å². The van der Waals surface area contributed by atoms with Gasteiger partial charge >= 0.3 is 0 Å². The van der Waals surface area contributed by atoms with E-state index in [9.17, 15) is 4.79 Å². The highest BCUT2D eigenvalue weighted by Crippen LogP contribution is 2.21. The van der Waals surface area contributed by atoms with Crippen LogP contribution in [0.4, 0.5) is 0 Å². The Hall–Kier alpha value is -1.29. The SMILES string of the molecule is O=C(NCCc1ccc(Cl)cc1Cl)c1cc(Cl)ccn1. The van der Waals surface area contributed by atoms with Crippen molar-refractivity contribution >= 4 is 40.7 Å². The molecule has 3 nitrogen and oxygen atoms in total. The lowest BCUT2D eigenvalue weighted by atomic mass is 10.1. The fourth-order valence-corrected chi connectivity index (χ4v) is 2.32. The van der Waals surface area contributed by atoms with Gasteiger partial charge in [-0.25, -0.2) is 0 Å². The monoisotopic (exact) mass is 328 g/mol. The maximum Gasteiger partial charge on any atom is 0.269 e. The molecule has 0 bridgehead atoms. The van der Waals surface area contributed by atoms with Crippen molar-refractivity contribution in [2.75, 3.05) is 6.54 Å². The average molecular weight is 330 g/mol. The van der Waals surface area contributed by atoms with Gasteiger partial charge in [-0.05, 0) is 36.2 Å². The Bertz CT molecular complexity index is 632. The van der Waals surface area contributed by atoms with Crippen molar-refractivity contribution in [2.24, 2.45) is 0 Å². The third kappa shape index (κ3) is 4.10. The van der Waals surface area contributed by atoms with E-state index in [2.05, 4.69) is 10.3 Å². The number of aromatic nitrogens is 1. The molecule has 0 radical (unpaired) electrons. The Morgan fingerprint density at radius 3 is 2.55 bits per heavy atom. The minimum Gasteiger partial charge on any atom is -0.350 e. The van der Waals surface area contributed by atoms with Crippen LogP contribution in [0.2, 0.25) is 15.1 Å². The molecule has 0 saturated carbocycles. The van der Waals surface area contributed by atoms with Crippen LogP contribution in [0.1, 0.15) is 16.1 Å². The topological polar surface area (TPSA) is 42.0 Å². The molecule has 6 heteroatoms. The number of halogens is 3. The van der Waals surface area contributed by atoms with Crippen molar-refractivity contribution in [3.05, 3.63) is 62.9 Å². The molecule has 0 saturated heterocycles. The lowest BCUT2D eigenvalue weighted by molar-refractivity contribution is 0.0949. The Balaban J connectivity index is 1.91. The van der Waals surface area contributed by atoms with Crippen molar-refractivity contribution in [3.8, 4) is 0 Å². The first kappa shape index (κ1) is 15.1. The van der Waals surface area contributed by atoms with Gasteiger partial charge in [0.15, 0.2) is 0 Å². The van der Waals surface area contributed by atoms with Gasteiger partial charge in [-0.2, -0.15) is 0 Å². The fraction of sp³-hybridized carbons (Fsp3) is 0.143. The second-order valence-electron chi connectivity index (χ2n) is 4.10. The highest BCUT2D eigenvalue weighted by Gasteiger charge is 2.07. The summed E-state index contributed by atoms with van der Waals surface area (Å²) in [5.74, 6) is -0.266. The standard InChI is InChI=1S/C14H11Cl3N2O/c15-10-2-1-9(12(17)7-10)3-5-19-14(20)13-8-11(16)4-6-18-13/h1-2,4,6-8H,3,5H2,(H,19,20). The van der Waals surface area contributed by atoms with E-state index in [1.807, 2.05) is 6.07 Å². The summed E-state index contributed by atoms with van der Waals surface area (Å²) >= 11 is 17.7. The minimum absolute atomic E-state index is 0.266. The number of carbonyl (C=O) groups excluding carboxylic acids is 1. The zero-order valence-electron chi connectivity index (χ0n) is 10.4. The molecular formula is C14H11Cl3N2O. The van der Waals surface area contributed by atoms with Crippen LogP contribution in [0.15, 0.2) is 36.5 Å². The van der Waals surface area contributed by atoms with E-state index in [1.165, 1.54) is 12.3 Å². The molecular weight excluding hydrogens is 319 g/mol. The Labute approximate surface area is 131 Å². The van der Waals surface area contributed by atoms with Gasteiger partial charge < -0.3 is 5.32 Å². The summed E-state index contributed by atoms with van der Waals surface area (Å²) in [6, 6.07) is 8.42. The van der Waals surface area contributed by atoms with Crippen molar-refractivity contribution < 1.29 is 4.79 Å². The number of hydrogen-bond donors (Lipinski definition) is 1. The number of nitrogens with one attached hydrogen (secondary N) is 1. The molecule has 1 aromatic heterocycles. The lowest BCUT2D eigenvalue weighted by Crippen LogP contribution is -2.26. The molecule has 1 heterocycles. The van der Waals surface area contributed by atoms with E-state index in [-0.39, 0.29) is 5.91 Å². The van der Waals surface area contributed by atoms with Gasteiger partial charge in [0.25, 0.3) is 5.91 Å². The van der Waals surface area contributed by atoms with Gasteiger partial charge in [-0.15, -0.1) is 0 Å². The molecule has 0 atom stereocenters. The van der Waals surface area contributed by atoms with Crippen LogP contribution in [0, 0.1) is 0 Å². The second kappa shape index (κ2) is 6.93. The van der Waals surface area contributed by atoms with Crippen molar-refractivity contribution in [3.63, 3.8) is 0 Å². The van der Waals surface area contributed by atoms with Crippen LogP contribution in [-0.2, 0) is 6.42 Å². The quantitative estimate of drug-likeness (QED) is 0.920. The summed E-state index contributed by atoms with van der Waals surface area (Å²) in [5.41, 5.74) is 1.22. The number of benzene rings is 1.